The summed E-state index contributed by atoms with van der Waals surface area (Å²) in [4.78, 5) is 22.4. The Morgan fingerprint density at radius 2 is 2.11 bits per heavy atom. The molecule has 3 aromatic rings. The first-order valence-electron chi connectivity index (χ1n) is 8.51. The topological polar surface area (TPSA) is 110 Å². The smallest absolute Gasteiger partial charge is 0.323 e. The number of carbonyl (C=O) groups excluding carboxylic acids is 1. The fourth-order valence-corrected chi connectivity index (χ4v) is 3.58. The second-order valence-corrected chi connectivity index (χ2v) is 7.64. The molecule has 27 heavy (non-hydrogen) atoms. The molecule has 0 unspecified atom stereocenters. The molecule has 10 heteroatoms. The van der Waals surface area contributed by atoms with Crippen molar-refractivity contribution in [3.63, 3.8) is 0 Å². The molecule has 4 rings (SSSR count). The van der Waals surface area contributed by atoms with Gasteiger partial charge in [-0.3, -0.25) is 10.3 Å². The van der Waals surface area contributed by atoms with Gasteiger partial charge in [-0.25, -0.2) is 14.2 Å². The molecule has 3 N–H and O–H groups in total. The van der Waals surface area contributed by atoms with E-state index >= 15 is 0 Å². The van der Waals surface area contributed by atoms with E-state index in [1.807, 2.05) is 13.0 Å². The van der Waals surface area contributed by atoms with Gasteiger partial charge < -0.3 is 10.6 Å². The molecule has 0 bridgehead atoms. The zero-order chi connectivity index (χ0) is 19.0. The van der Waals surface area contributed by atoms with Crippen molar-refractivity contribution in [3.05, 3.63) is 29.5 Å². The summed E-state index contributed by atoms with van der Waals surface area (Å²) in [7, 11) is 0. The van der Waals surface area contributed by atoms with E-state index in [1.165, 1.54) is 16.2 Å². The number of likely N-dealkylation sites (tertiary alicyclic amines) is 1. The maximum atomic E-state index is 13.8. The van der Waals surface area contributed by atoms with Gasteiger partial charge in [-0.1, -0.05) is 11.3 Å². The zero-order valence-corrected chi connectivity index (χ0v) is 15.4. The number of urea groups is 1. The molecule has 8 nitrogen and oxygen atoms in total. The first-order valence-corrected chi connectivity index (χ1v) is 9.33. The van der Waals surface area contributed by atoms with Gasteiger partial charge in [-0.15, -0.1) is 10.2 Å². The van der Waals surface area contributed by atoms with E-state index in [0.717, 1.165) is 20.8 Å². The highest BCUT2D eigenvalue weighted by Crippen LogP contribution is 2.25. The highest BCUT2D eigenvalue weighted by molar-refractivity contribution is 7.14. The minimum Gasteiger partial charge on any atom is -0.325 e. The number of amides is 2. The molecule has 0 aliphatic carbocycles. The molecule has 2 atom stereocenters. The van der Waals surface area contributed by atoms with Crippen molar-refractivity contribution >= 4 is 34.0 Å². The van der Waals surface area contributed by atoms with Crippen molar-refractivity contribution in [2.24, 2.45) is 5.73 Å². The number of aromatic nitrogens is 4. The van der Waals surface area contributed by atoms with E-state index in [4.69, 9.17) is 5.73 Å². The molecule has 0 spiro atoms. The van der Waals surface area contributed by atoms with Crippen molar-refractivity contribution in [3.8, 4) is 10.7 Å². The summed E-state index contributed by atoms with van der Waals surface area (Å²) in [5.41, 5.74) is 6.37. The number of hydrogen-bond acceptors (Lipinski definition) is 7. The summed E-state index contributed by atoms with van der Waals surface area (Å²) < 4.78 is 13.8. The Bertz CT molecular complexity index is 994. The Balaban J connectivity index is 1.54. The number of rotatable bonds is 2. The van der Waals surface area contributed by atoms with Gasteiger partial charge in [0.15, 0.2) is 5.01 Å². The van der Waals surface area contributed by atoms with E-state index in [1.54, 1.807) is 18.5 Å². The molecule has 140 valence electrons. The first-order chi connectivity index (χ1) is 13.0. The maximum absolute atomic E-state index is 13.8. The molecule has 1 fully saturated rings. The van der Waals surface area contributed by atoms with Gasteiger partial charge in [0.05, 0.1) is 6.54 Å². The first kappa shape index (κ1) is 17.7. The molecule has 0 aromatic carbocycles. The number of alkyl halides is 1. The van der Waals surface area contributed by atoms with Crippen LogP contribution in [0.1, 0.15) is 11.4 Å². The third-order valence-electron chi connectivity index (χ3n) is 4.46. The molecule has 2 amide bonds. The van der Waals surface area contributed by atoms with Crippen LogP contribution in [0.15, 0.2) is 24.5 Å². The standard InChI is InChI=1S/C17H18FN7OS/c1-9-23-24-16(27-9)14-4-10-5-15(21-7-11(10)6-20-14)22-17(26)25-3-2-13(19)12(18)8-25/h4-7,12-13H,2-3,8,19H2,1H3,(H,21,22,26)/t12-,13+/m1/s1. The van der Waals surface area contributed by atoms with Gasteiger partial charge >= 0.3 is 6.03 Å². The monoisotopic (exact) mass is 387 g/mol. The second-order valence-electron chi connectivity index (χ2n) is 6.46. The van der Waals surface area contributed by atoms with Gasteiger partial charge in [0.25, 0.3) is 0 Å². The number of pyridine rings is 2. The predicted molar refractivity (Wildman–Crippen MR) is 101 cm³/mol. The number of halogens is 1. The summed E-state index contributed by atoms with van der Waals surface area (Å²) in [5.74, 6) is 0.392. The van der Waals surface area contributed by atoms with Crippen LogP contribution in [-0.2, 0) is 0 Å². The molecular weight excluding hydrogens is 369 g/mol. The van der Waals surface area contributed by atoms with Crippen LogP contribution in [0.2, 0.25) is 0 Å². The largest absolute Gasteiger partial charge is 0.325 e. The van der Waals surface area contributed by atoms with E-state index in [0.29, 0.717) is 24.5 Å². The lowest BCUT2D eigenvalue weighted by atomic mass is 10.0. The number of nitrogens with one attached hydrogen (secondary N) is 1. The number of hydrogen-bond donors (Lipinski definition) is 2. The Labute approximate surface area is 158 Å². The van der Waals surface area contributed by atoms with E-state index in [-0.39, 0.29) is 12.6 Å². The summed E-state index contributed by atoms with van der Waals surface area (Å²) in [6.07, 6.45) is 2.57. The summed E-state index contributed by atoms with van der Waals surface area (Å²) >= 11 is 1.46. The van der Waals surface area contributed by atoms with Crippen molar-refractivity contribution in [2.75, 3.05) is 18.4 Å². The Hall–Kier alpha value is -2.72. The van der Waals surface area contributed by atoms with Gasteiger partial charge in [0, 0.05) is 30.4 Å². The number of aryl methyl sites for hydroxylation is 1. The average molecular weight is 387 g/mol. The highest BCUT2D eigenvalue weighted by atomic mass is 32.1. The van der Waals surface area contributed by atoms with Crippen LogP contribution in [0, 0.1) is 6.92 Å². The number of nitrogens with zero attached hydrogens (tertiary/aromatic N) is 5. The van der Waals surface area contributed by atoms with Gasteiger partial charge in [-0.2, -0.15) is 0 Å². The van der Waals surface area contributed by atoms with Crippen LogP contribution in [-0.4, -0.2) is 56.4 Å². The van der Waals surface area contributed by atoms with Gasteiger partial charge in [0.2, 0.25) is 0 Å². The van der Waals surface area contributed by atoms with Crippen molar-refractivity contribution in [2.45, 2.75) is 25.6 Å². The molecule has 3 aromatic heterocycles. The van der Waals surface area contributed by atoms with Crippen LogP contribution in [0.25, 0.3) is 21.5 Å². The molecule has 1 saturated heterocycles. The van der Waals surface area contributed by atoms with Crippen LogP contribution in [0.3, 0.4) is 0 Å². The van der Waals surface area contributed by atoms with Gasteiger partial charge in [-0.05, 0) is 30.9 Å². The molecular formula is C17H18FN7OS. The predicted octanol–water partition coefficient (Wildman–Crippen LogP) is 2.36. The fraction of sp³-hybridized carbons (Fsp3) is 0.353. The molecule has 4 heterocycles. The van der Waals surface area contributed by atoms with Crippen molar-refractivity contribution in [1.29, 1.82) is 0 Å². The van der Waals surface area contributed by atoms with E-state index in [2.05, 4.69) is 25.5 Å². The lowest BCUT2D eigenvalue weighted by Gasteiger charge is -2.32. The van der Waals surface area contributed by atoms with E-state index in [9.17, 15) is 9.18 Å². The van der Waals surface area contributed by atoms with Gasteiger partial charge in [0.1, 0.15) is 22.7 Å². The lowest BCUT2D eigenvalue weighted by Crippen LogP contribution is -2.51. The second kappa shape index (κ2) is 7.12. The van der Waals surface area contributed by atoms with Crippen LogP contribution < -0.4 is 11.1 Å². The zero-order valence-electron chi connectivity index (χ0n) is 14.6. The number of nitrogens with two attached hydrogens (primary N) is 1. The number of fused-ring (bicyclic) bond motifs is 1. The fourth-order valence-electron chi connectivity index (χ4n) is 2.92. The average Bonchev–Trinajstić information content (AvgIpc) is 3.09. The van der Waals surface area contributed by atoms with E-state index < -0.39 is 12.2 Å². The van der Waals surface area contributed by atoms with Crippen LogP contribution in [0.4, 0.5) is 15.0 Å². The molecule has 1 aliphatic heterocycles. The minimum atomic E-state index is -1.21. The molecule has 0 saturated carbocycles. The minimum absolute atomic E-state index is 0.00888. The van der Waals surface area contributed by atoms with Crippen LogP contribution in [0.5, 0.6) is 0 Å². The number of piperidine rings is 1. The summed E-state index contributed by atoms with van der Waals surface area (Å²) in [6, 6.07) is 2.74. The Morgan fingerprint density at radius 1 is 1.30 bits per heavy atom. The van der Waals surface area contributed by atoms with Crippen molar-refractivity contribution in [1.82, 2.24) is 25.1 Å². The third kappa shape index (κ3) is 3.71. The third-order valence-corrected chi connectivity index (χ3v) is 5.32. The SMILES string of the molecule is Cc1nnc(-c2cc3cc(NC(=O)N4CC[C@H](N)[C@H](F)C4)ncc3cn2)s1. The lowest BCUT2D eigenvalue weighted by molar-refractivity contribution is 0.137. The van der Waals surface area contributed by atoms with Crippen LogP contribution >= 0.6 is 11.3 Å². The normalized spacial score (nSPS) is 20.0. The number of carbonyl (C=O) groups is 1. The highest BCUT2D eigenvalue weighted by Gasteiger charge is 2.29. The van der Waals surface area contributed by atoms with Crippen molar-refractivity contribution < 1.29 is 9.18 Å². The Morgan fingerprint density at radius 3 is 2.85 bits per heavy atom. The quantitative estimate of drug-likeness (QED) is 0.698. The maximum Gasteiger partial charge on any atom is 0.323 e. The summed E-state index contributed by atoms with van der Waals surface area (Å²) in [6.45, 7) is 2.30. The summed E-state index contributed by atoms with van der Waals surface area (Å²) in [5, 5.41) is 14.1. The molecule has 0 radical (unpaired) electrons. The Kier molecular flexibility index (Phi) is 4.66. The molecule has 1 aliphatic rings. The number of anilines is 1.